The molecule has 0 fully saturated rings. The first-order chi connectivity index (χ1) is 10.0. The summed E-state index contributed by atoms with van der Waals surface area (Å²) in [6.45, 7) is 6.08. The molecule has 0 aliphatic heterocycles. The van der Waals surface area contributed by atoms with E-state index in [1.54, 1.807) is 26.4 Å². The third-order valence-electron chi connectivity index (χ3n) is 3.45. The van der Waals surface area contributed by atoms with Crippen LogP contribution in [0.2, 0.25) is 0 Å². The molecule has 21 heavy (non-hydrogen) atoms. The molecule has 1 heterocycles. The van der Waals surface area contributed by atoms with Gasteiger partial charge in [0.2, 0.25) is 5.76 Å². The van der Waals surface area contributed by atoms with Gasteiger partial charge in [-0.25, -0.2) is 4.79 Å². The summed E-state index contributed by atoms with van der Waals surface area (Å²) in [6, 6.07) is 3.64. The minimum absolute atomic E-state index is 0.00343. The van der Waals surface area contributed by atoms with Crippen LogP contribution in [0.25, 0.3) is 0 Å². The second-order valence-corrected chi connectivity index (χ2v) is 4.90. The maximum atomic E-state index is 11.5. The molecule has 0 saturated heterocycles. The van der Waals surface area contributed by atoms with E-state index in [0.717, 1.165) is 12.3 Å². The van der Waals surface area contributed by atoms with Gasteiger partial charge in [0.25, 0.3) is 0 Å². The number of rotatable bonds is 9. The van der Waals surface area contributed by atoms with Gasteiger partial charge in [-0.2, -0.15) is 0 Å². The van der Waals surface area contributed by atoms with Crippen molar-refractivity contribution < 1.29 is 23.4 Å². The Morgan fingerprint density at radius 2 is 1.95 bits per heavy atom. The number of methoxy groups -OCH3 is 3. The molecule has 0 N–H and O–H groups in total. The Hall–Kier alpha value is -1.37. The molecule has 6 nitrogen and oxygen atoms in total. The van der Waals surface area contributed by atoms with Crippen LogP contribution in [-0.4, -0.2) is 58.0 Å². The van der Waals surface area contributed by atoms with Gasteiger partial charge in [-0.1, -0.05) is 0 Å². The lowest BCUT2D eigenvalue weighted by molar-refractivity contribution is 0.0431. The molecule has 0 spiro atoms. The van der Waals surface area contributed by atoms with E-state index in [1.807, 2.05) is 6.92 Å². The van der Waals surface area contributed by atoms with Gasteiger partial charge in [-0.3, -0.25) is 4.90 Å². The summed E-state index contributed by atoms with van der Waals surface area (Å²) in [4.78, 5) is 13.7. The Bertz CT molecular complexity index is 431. The number of ether oxygens (including phenoxy) is 3. The zero-order chi connectivity index (χ0) is 15.8. The fourth-order valence-corrected chi connectivity index (χ4v) is 2.28. The van der Waals surface area contributed by atoms with E-state index >= 15 is 0 Å². The van der Waals surface area contributed by atoms with Crippen LogP contribution in [0.4, 0.5) is 0 Å². The average Bonchev–Trinajstić information content (AvgIpc) is 2.96. The third kappa shape index (κ3) is 4.84. The largest absolute Gasteiger partial charge is 0.463 e. The number of esters is 1. The van der Waals surface area contributed by atoms with Gasteiger partial charge in [-0.15, -0.1) is 0 Å². The molecule has 0 bridgehead atoms. The highest BCUT2D eigenvalue weighted by Gasteiger charge is 2.24. The molecule has 1 aromatic rings. The number of furan rings is 1. The van der Waals surface area contributed by atoms with Crippen LogP contribution < -0.4 is 0 Å². The van der Waals surface area contributed by atoms with Crippen molar-refractivity contribution in [3.63, 3.8) is 0 Å². The topological polar surface area (TPSA) is 61.1 Å². The molecule has 1 aromatic heterocycles. The van der Waals surface area contributed by atoms with Crippen molar-refractivity contribution >= 4 is 5.97 Å². The van der Waals surface area contributed by atoms with Crippen LogP contribution in [0.1, 0.15) is 36.2 Å². The Morgan fingerprint density at radius 3 is 2.52 bits per heavy atom. The van der Waals surface area contributed by atoms with Gasteiger partial charge in [0, 0.05) is 26.8 Å². The van der Waals surface area contributed by atoms with Crippen molar-refractivity contribution in [1.82, 2.24) is 4.90 Å². The highest BCUT2D eigenvalue weighted by Crippen LogP contribution is 2.24. The Morgan fingerprint density at radius 1 is 1.24 bits per heavy atom. The lowest BCUT2D eigenvalue weighted by Gasteiger charge is -2.33. The zero-order valence-electron chi connectivity index (χ0n) is 13.4. The van der Waals surface area contributed by atoms with Crippen LogP contribution >= 0.6 is 0 Å². The highest BCUT2D eigenvalue weighted by molar-refractivity contribution is 5.86. The van der Waals surface area contributed by atoms with E-state index in [-0.39, 0.29) is 17.8 Å². The van der Waals surface area contributed by atoms with Gasteiger partial charge >= 0.3 is 5.97 Å². The first kappa shape index (κ1) is 17.7. The van der Waals surface area contributed by atoms with Crippen molar-refractivity contribution in [1.29, 1.82) is 0 Å². The minimum atomic E-state index is -0.471. The monoisotopic (exact) mass is 299 g/mol. The molecule has 1 rings (SSSR count). The SMILES string of the molecule is COCCN(C(C)COC)C(C)c1ccc(C(=O)OC)o1. The summed E-state index contributed by atoms with van der Waals surface area (Å²) in [5, 5.41) is 0. The molecule has 0 aromatic carbocycles. The maximum Gasteiger partial charge on any atom is 0.373 e. The summed E-state index contributed by atoms with van der Waals surface area (Å²) >= 11 is 0. The lowest BCUT2D eigenvalue weighted by atomic mass is 10.1. The van der Waals surface area contributed by atoms with Crippen molar-refractivity contribution in [2.24, 2.45) is 0 Å². The van der Waals surface area contributed by atoms with E-state index in [4.69, 9.17) is 13.9 Å². The Balaban J connectivity index is 2.85. The number of hydrogen-bond acceptors (Lipinski definition) is 6. The van der Waals surface area contributed by atoms with E-state index in [0.29, 0.717) is 13.2 Å². The van der Waals surface area contributed by atoms with Gasteiger partial charge in [0.1, 0.15) is 5.76 Å². The van der Waals surface area contributed by atoms with Crippen LogP contribution in [0.5, 0.6) is 0 Å². The molecule has 120 valence electrons. The Kier molecular flexibility index (Phi) is 7.42. The maximum absolute atomic E-state index is 11.5. The van der Waals surface area contributed by atoms with Crippen LogP contribution in [0, 0.1) is 0 Å². The van der Waals surface area contributed by atoms with Gasteiger partial charge < -0.3 is 18.6 Å². The number of carbonyl (C=O) groups excluding carboxylic acids is 1. The summed E-state index contributed by atoms with van der Waals surface area (Å²) in [6.07, 6.45) is 0. The van der Waals surface area contributed by atoms with Crippen LogP contribution in [0.3, 0.4) is 0 Å². The molecule has 0 saturated carbocycles. The Labute approximate surface area is 126 Å². The number of hydrogen-bond donors (Lipinski definition) is 0. The van der Waals surface area contributed by atoms with Gasteiger partial charge in [0.05, 0.1) is 26.4 Å². The molecule has 2 atom stereocenters. The fraction of sp³-hybridized carbons (Fsp3) is 0.667. The van der Waals surface area contributed by atoms with E-state index in [9.17, 15) is 4.79 Å². The predicted octanol–water partition coefficient (Wildman–Crippen LogP) is 2.11. The van der Waals surface area contributed by atoms with Gasteiger partial charge in [0.15, 0.2) is 0 Å². The number of nitrogens with zero attached hydrogens (tertiary/aromatic N) is 1. The second kappa shape index (κ2) is 8.81. The summed E-state index contributed by atoms with van der Waals surface area (Å²) < 4.78 is 20.6. The van der Waals surface area contributed by atoms with E-state index in [2.05, 4.69) is 16.6 Å². The third-order valence-corrected chi connectivity index (χ3v) is 3.45. The summed E-state index contributed by atoms with van der Waals surface area (Å²) in [5.74, 6) is 0.460. The molecule has 2 unspecified atom stereocenters. The molecule has 0 aliphatic rings. The minimum Gasteiger partial charge on any atom is -0.463 e. The highest BCUT2D eigenvalue weighted by atomic mass is 16.5. The van der Waals surface area contributed by atoms with Crippen molar-refractivity contribution in [3.8, 4) is 0 Å². The first-order valence-corrected chi connectivity index (χ1v) is 6.96. The van der Waals surface area contributed by atoms with Crippen molar-refractivity contribution in [2.45, 2.75) is 25.9 Å². The zero-order valence-corrected chi connectivity index (χ0v) is 13.4. The molecule has 6 heteroatoms. The molecule has 0 radical (unpaired) electrons. The quantitative estimate of drug-likeness (QED) is 0.651. The number of carbonyl (C=O) groups is 1. The molecule has 0 amide bonds. The first-order valence-electron chi connectivity index (χ1n) is 6.96. The molecular formula is C15H25NO5. The standard InChI is InChI=1S/C15H25NO5/c1-11(10-19-4)16(8-9-18-3)12(2)13-6-7-14(21-13)15(17)20-5/h6-7,11-12H,8-10H2,1-5H3. The molecule has 0 aliphatic carbocycles. The van der Waals surface area contributed by atoms with Crippen molar-refractivity contribution in [3.05, 3.63) is 23.7 Å². The van der Waals surface area contributed by atoms with Crippen LogP contribution in [0.15, 0.2) is 16.5 Å². The summed E-state index contributed by atoms with van der Waals surface area (Å²) in [7, 11) is 4.68. The van der Waals surface area contributed by atoms with E-state index < -0.39 is 5.97 Å². The summed E-state index contributed by atoms with van der Waals surface area (Å²) in [5.41, 5.74) is 0. The fourth-order valence-electron chi connectivity index (χ4n) is 2.28. The van der Waals surface area contributed by atoms with Crippen molar-refractivity contribution in [2.75, 3.05) is 41.1 Å². The second-order valence-electron chi connectivity index (χ2n) is 4.90. The smallest absolute Gasteiger partial charge is 0.373 e. The average molecular weight is 299 g/mol. The normalized spacial score (nSPS) is 14.2. The predicted molar refractivity (Wildman–Crippen MR) is 78.4 cm³/mol. The lowest BCUT2D eigenvalue weighted by Crippen LogP contribution is -2.40. The van der Waals surface area contributed by atoms with Gasteiger partial charge in [-0.05, 0) is 26.0 Å². The molecular weight excluding hydrogens is 274 g/mol. The van der Waals surface area contributed by atoms with Crippen LogP contribution in [-0.2, 0) is 14.2 Å². The van der Waals surface area contributed by atoms with E-state index in [1.165, 1.54) is 7.11 Å².